The number of nitrogens with zero attached hydrogens (tertiary/aromatic N) is 3. The summed E-state index contributed by atoms with van der Waals surface area (Å²) in [6.07, 6.45) is -2.76. The summed E-state index contributed by atoms with van der Waals surface area (Å²) in [7, 11) is 0. The second-order valence-electron chi connectivity index (χ2n) is 5.39. The maximum absolute atomic E-state index is 13.0. The highest BCUT2D eigenvalue weighted by Gasteiger charge is 2.32. The Morgan fingerprint density at radius 3 is 2.42 bits per heavy atom. The number of carbonyl (C=O) groups is 1. The van der Waals surface area contributed by atoms with Crippen LogP contribution in [-0.2, 0) is 12.6 Å². The smallest absolute Gasteiger partial charge is 0.419 e. The van der Waals surface area contributed by atoms with E-state index in [4.69, 9.17) is 0 Å². The van der Waals surface area contributed by atoms with Crippen LogP contribution in [0.4, 0.5) is 13.2 Å². The van der Waals surface area contributed by atoms with Gasteiger partial charge >= 0.3 is 6.18 Å². The molecule has 2 heterocycles. The number of carbonyl (C=O) groups excluding carboxylic acids is 1. The van der Waals surface area contributed by atoms with Gasteiger partial charge in [0, 0.05) is 18.0 Å². The standard InChI is InChI=1S/C16H10Br2F3N3O2/c1-2-11-12(13(25)7-3-9(17)14(26)10(18)4-7)24-6-8(16(19,20)21)5-22-15(24)23-11/h3-6,26H,2H2,1H3. The molecule has 0 fully saturated rings. The first-order valence-corrected chi connectivity index (χ1v) is 8.89. The number of hydrogen-bond acceptors (Lipinski definition) is 4. The number of phenols is 1. The van der Waals surface area contributed by atoms with Gasteiger partial charge in [-0.05, 0) is 50.4 Å². The van der Waals surface area contributed by atoms with E-state index >= 15 is 0 Å². The lowest BCUT2D eigenvalue weighted by atomic mass is 10.1. The SMILES string of the molecule is CCc1nc2ncc(C(F)(F)F)cn2c1C(=O)c1cc(Br)c(O)c(Br)c1. The summed E-state index contributed by atoms with van der Waals surface area (Å²) < 4.78 is 40.6. The second kappa shape index (κ2) is 6.66. The van der Waals surface area contributed by atoms with Gasteiger partial charge < -0.3 is 5.11 Å². The zero-order chi connectivity index (χ0) is 19.2. The molecule has 0 atom stereocenters. The number of benzene rings is 1. The maximum Gasteiger partial charge on any atom is 0.419 e. The fourth-order valence-electron chi connectivity index (χ4n) is 2.45. The summed E-state index contributed by atoms with van der Waals surface area (Å²) in [5, 5.41) is 9.78. The van der Waals surface area contributed by atoms with Crippen molar-refractivity contribution in [1.82, 2.24) is 14.4 Å². The summed E-state index contributed by atoms with van der Waals surface area (Å²) >= 11 is 6.27. The first-order valence-electron chi connectivity index (χ1n) is 7.30. The van der Waals surface area contributed by atoms with Gasteiger partial charge in [-0.3, -0.25) is 9.20 Å². The number of halogens is 5. The van der Waals surface area contributed by atoms with Crippen molar-refractivity contribution in [2.75, 3.05) is 0 Å². The Kier molecular flexibility index (Phi) is 4.82. The van der Waals surface area contributed by atoms with Crippen LogP contribution in [0.25, 0.3) is 5.78 Å². The minimum absolute atomic E-state index is 0.00518. The van der Waals surface area contributed by atoms with Crippen LogP contribution < -0.4 is 0 Å². The van der Waals surface area contributed by atoms with E-state index in [2.05, 4.69) is 41.8 Å². The number of phenolic OH excluding ortho intramolecular Hbond substituents is 1. The van der Waals surface area contributed by atoms with Gasteiger partial charge in [-0.15, -0.1) is 0 Å². The molecule has 0 aliphatic carbocycles. The Bertz CT molecular complexity index is 1010. The van der Waals surface area contributed by atoms with Crippen molar-refractivity contribution in [2.45, 2.75) is 19.5 Å². The molecule has 0 aliphatic rings. The van der Waals surface area contributed by atoms with Crippen LogP contribution in [0.5, 0.6) is 5.75 Å². The number of aromatic nitrogens is 3. The number of imidazole rings is 1. The van der Waals surface area contributed by atoms with Gasteiger partial charge in [0.05, 0.1) is 20.2 Å². The van der Waals surface area contributed by atoms with Crippen molar-refractivity contribution in [2.24, 2.45) is 0 Å². The molecule has 0 aliphatic heterocycles. The van der Waals surface area contributed by atoms with Gasteiger partial charge in [-0.2, -0.15) is 13.2 Å². The second-order valence-corrected chi connectivity index (χ2v) is 7.10. The van der Waals surface area contributed by atoms with Crippen molar-refractivity contribution in [3.8, 4) is 5.75 Å². The lowest BCUT2D eigenvalue weighted by Crippen LogP contribution is -2.12. The number of fused-ring (bicyclic) bond motifs is 1. The molecule has 0 saturated heterocycles. The van der Waals surface area contributed by atoms with E-state index in [1.807, 2.05) is 0 Å². The van der Waals surface area contributed by atoms with Crippen LogP contribution in [0.1, 0.15) is 34.2 Å². The van der Waals surface area contributed by atoms with E-state index in [0.717, 1.165) is 10.6 Å². The summed E-state index contributed by atoms with van der Waals surface area (Å²) in [4.78, 5) is 20.9. The Balaban J connectivity index is 2.24. The molecule has 0 radical (unpaired) electrons. The molecule has 3 rings (SSSR count). The van der Waals surface area contributed by atoms with Gasteiger partial charge in [0.15, 0.2) is 0 Å². The first kappa shape index (κ1) is 18.8. The first-order chi connectivity index (χ1) is 12.1. The van der Waals surface area contributed by atoms with Crippen molar-refractivity contribution in [3.05, 3.63) is 56.0 Å². The van der Waals surface area contributed by atoms with Gasteiger partial charge in [0.1, 0.15) is 11.4 Å². The highest BCUT2D eigenvalue weighted by molar-refractivity contribution is 9.11. The molecule has 1 N–H and O–H groups in total. The summed E-state index contributed by atoms with van der Waals surface area (Å²) in [6, 6.07) is 2.78. The molecule has 3 aromatic rings. The highest BCUT2D eigenvalue weighted by Crippen LogP contribution is 2.34. The van der Waals surface area contributed by atoms with Gasteiger partial charge in [0.25, 0.3) is 0 Å². The zero-order valence-electron chi connectivity index (χ0n) is 13.1. The molecule has 136 valence electrons. The molecular formula is C16H10Br2F3N3O2. The zero-order valence-corrected chi connectivity index (χ0v) is 16.3. The van der Waals surface area contributed by atoms with E-state index < -0.39 is 17.5 Å². The molecule has 0 saturated carbocycles. The van der Waals surface area contributed by atoms with Gasteiger partial charge in [-0.1, -0.05) is 6.92 Å². The summed E-state index contributed by atoms with van der Waals surface area (Å²) in [5.41, 5.74) is -0.463. The quantitative estimate of drug-likeness (QED) is 0.535. The topological polar surface area (TPSA) is 67.5 Å². The van der Waals surface area contributed by atoms with Crippen LogP contribution in [0, 0.1) is 0 Å². The third-order valence-electron chi connectivity index (χ3n) is 3.71. The maximum atomic E-state index is 13.0. The van der Waals surface area contributed by atoms with Gasteiger partial charge in [0.2, 0.25) is 11.6 Å². The lowest BCUT2D eigenvalue weighted by molar-refractivity contribution is -0.138. The average molecular weight is 493 g/mol. The Labute approximate surface area is 162 Å². The van der Waals surface area contributed by atoms with Crippen LogP contribution in [0.3, 0.4) is 0 Å². The number of rotatable bonds is 3. The number of alkyl halides is 3. The largest absolute Gasteiger partial charge is 0.506 e. The third kappa shape index (κ3) is 3.23. The summed E-state index contributed by atoms with van der Waals surface area (Å²) in [6.45, 7) is 1.74. The van der Waals surface area contributed by atoms with E-state index in [-0.39, 0.29) is 31.7 Å². The minimum atomic E-state index is -4.59. The Morgan fingerprint density at radius 2 is 1.88 bits per heavy atom. The highest BCUT2D eigenvalue weighted by atomic mass is 79.9. The third-order valence-corrected chi connectivity index (χ3v) is 4.92. The number of aryl methyl sites for hydroxylation is 1. The number of hydrogen-bond donors (Lipinski definition) is 1. The molecule has 5 nitrogen and oxygen atoms in total. The number of ketones is 1. The summed E-state index contributed by atoms with van der Waals surface area (Å²) in [5.74, 6) is -0.608. The minimum Gasteiger partial charge on any atom is -0.506 e. The van der Waals surface area contributed by atoms with Crippen molar-refractivity contribution in [1.29, 1.82) is 0 Å². The molecule has 26 heavy (non-hydrogen) atoms. The van der Waals surface area contributed by atoms with Crippen molar-refractivity contribution < 1.29 is 23.1 Å². The van der Waals surface area contributed by atoms with Crippen LogP contribution in [-0.4, -0.2) is 25.3 Å². The molecule has 1 aromatic carbocycles. The molecular weight excluding hydrogens is 483 g/mol. The Hall–Kier alpha value is -1.94. The average Bonchev–Trinajstić information content (AvgIpc) is 2.95. The lowest BCUT2D eigenvalue weighted by Gasteiger charge is -2.09. The van der Waals surface area contributed by atoms with Crippen molar-refractivity contribution in [3.63, 3.8) is 0 Å². The molecule has 0 unspecified atom stereocenters. The molecule has 0 bridgehead atoms. The van der Waals surface area contributed by atoms with Crippen molar-refractivity contribution >= 4 is 43.4 Å². The van der Waals surface area contributed by atoms with E-state index in [1.54, 1.807) is 6.92 Å². The predicted molar refractivity (Wildman–Crippen MR) is 94.3 cm³/mol. The van der Waals surface area contributed by atoms with E-state index in [9.17, 15) is 23.1 Å². The van der Waals surface area contributed by atoms with E-state index in [0.29, 0.717) is 18.3 Å². The molecule has 2 aromatic heterocycles. The fraction of sp³-hybridized carbons (Fsp3) is 0.188. The van der Waals surface area contributed by atoms with Crippen LogP contribution in [0.2, 0.25) is 0 Å². The molecule has 10 heteroatoms. The normalized spacial score (nSPS) is 11.9. The Morgan fingerprint density at radius 1 is 1.27 bits per heavy atom. The molecule has 0 spiro atoms. The van der Waals surface area contributed by atoms with Crippen LogP contribution >= 0.6 is 31.9 Å². The van der Waals surface area contributed by atoms with Crippen LogP contribution in [0.15, 0.2) is 33.5 Å². The van der Waals surface area contributed by atoms with Gasteiger partial charge in [-0.25, -0.2) is 9.97 Å². The monoisotopic (exact) mass is 491 g/mol. The van der Waals surface area contributed by atoms with E-state index in [1.165, 1.54) is 12.1 Å². The molecule has 0 amide bonds. The predicted octanol–water partition coefficient (Wildman–Crippen LogP) is 4.77. The number of aromatic hydroxyl groups is 1. The fourth-order valence-corrected chi connectivity index (χ4v) is 3.63.